The molecule has 1 unspecified atom stereocenters. The second kappa shape index (κ2) is 6.26. The lowest BCUT2D eigenvalue weighted by Gasteiger charge is -2.19. The fraction of sp³-hybridized carbons (Fsp3) is 0.250. The lowest BCUT2D eigenvalue weighted by Crippen LogP contribution is -2.21. The summed E-state index contributed by atoms with van der Waals surface area (Å²) in [5.74, 6) is -0.640. The number of benzene rings is 2. The second-order valence-electron chi connectivity index (χ2n) is 4.77. The molecule has 0 fully saturated rings. The smallest absolute Gasteiger partial charge is 0.313 e. The predicted octanol–water partition coefficient (Wildman–Crippen LogP) is 4.35. The van der Waals surface area contributed by atoms with Crippen LogP contribution >= 0.6 is 0 Å². The van der Waals surface area contributed by atoms with Crippen LogP contribution in [0.15, 0.2) is 48.5 Å². The predicted molar refractivity (Wildman–Crippen MR) is 73.3 cm³/mol. The van der Waals surface area contributed by atoms with Gasteiger partial charge in [-0.3, -0.25) is 0 Å². The van der Waals surface area contributed by atoms with Crippen LogP contribution in [0.2, 0.25) is 0 Å². The summed E-state index contributed by atoms with van der Waals surface area (Å²) >= 11 is 0. The molecule has 0 spiro atoms. The van der Waals surface area contributed by atoms with Gasteiger partial charge in [-0.05, 0) is 37.2 Å². The van der Waals surface area contributed by atoms with E-state index in [1.807, 2.05) is 30.3 Å². The van der Waals surface area contributed by atoms with Crippen molar-refractivity contribution in [1.82, 2.24) is 5.32 Å². The van der Waals surface area contributed by atoms with Gasteiger partial charge in [0.05, 0.1) is 5.56 Å². The van der Waals surface area contributed by atoms with Gasteiger partial charge in [-0.2, -0.15) is 13.2 Å². The Labute approximate surface area is 120 Å². The van der Waals surface area contributed by atoms with Crippen molar-refractivity contribution >= 4 is 0 Å². The molecule has 0 amide bonds. The number of hydrogen-bond donors (Lipinski definition) is 1. The topological polar surface area (TPSA) is 12.0 Å². The number of hydrogen-bond acceptors (Lipinski definition) is 1. The van der Waals surface area contributed by atoms with Crippen LogP contribution in [0.3, 0.4) is 0 Å². The number of likely N-dealkylation sites (N-methyl/N-ethyl adjacent to an activating group) is 1. The fourth-order valence-electron chi connectivity index (χ4n) is 2.20. The Bertz CT molecular complexity index is 593. The molecule has 2 rings (SSSR count). The van der Waals surface area contributed by atoms with Crippen LogP contribution in [0.25, 0.3) is 0 Å². The van der Waals surface area contributed by atoms with E-state index >= 15 is 0 Å². The average molecular weight is 297 g/mol. The number of alkyl halides is 3. The quantitative estimate of drug-likeness (QED) is 0.827. The first-order chi connectivity index (χ1) is 9.91. The molecule has 2 aromatic rings. The highest BCUT2D eigenvalue weighted by Crippen LogP contribution is 2.32. The van der Waals surface area contributed by atoms with Gasteiger partial charge >= 0.3 is 6.18 Å². The van der Waals surface area contributed by atoms with Gasteiger partial charge in [-0.15, -0.1) is 0 Å². The van der Waals surface area contributed by atoms with Gasteiger partial charge in [-0.25, -0.2) is 4.39 Å². The Hall–Kier alpha value is -1.88. The van der Waals surface area contributed by atoms with Crippen molar-refractivity contribution in [2.45, 2.75) is 18.6 Å². The molecule has 2 aromatic carbocycles. The molecule has 0 aromatic heterocycles. The SMILES string of the molecule is CNC(Cc1ccccc1)c1cc(C(F)(F)F)ccc1F. The zero-order valence-corrected chi connectivity index (χ0v) is 11.4. The van der Waals surface area contributed by atoms with E-state index < -0.39 is 23.6 Å². The summed E-state index contributed by atoms with van der Waals surface area (Å²) in [5, 5.41) is 2.88. The molecule has 0 aliphatic carbocycles. The number of halogens is 4. The molecule has 1 atom stereocenters. The molecular formula is C16H15F4N. The van der Waals surface area contributed by atoms with Crippen LogP contribution in [0.5, 0.6) is 0 Å². The van der Waals surface area contributed by atoms with E-state index in [9.17, 15) is 17.6 Å². The molecule has 0 bridgehead atoms. The van der Waals surface area contributed by atoms with Crippen molar-refractivity contribution in [3.8, 4) is 0 Å². The third kappa shape index (κ3) is 3.82. The number of rotatable bonds is 4. The maximum absolute atomic E-state index is 13.9. The van der Waals surface area contributed by atoms with Gasteiger partial charge in [0.2, 0.25) is 0 Å². The molecule has 0 aliphatic heterocycles. The second-order valence-corrected chi connectivity index (χ2v) is 4.77. The maximum Gasteiger partial charge on any atom is 0.416 e. The first-order valence-corrected chi connectivity index (χ1v) is 6.49. The van der Waals surface area contributed by atoms with E-state index in [1.54, 1.807) is 7.05 Å². The highest BCUT2D eigenvalue weighted by atomic mass is 19.4. The Balaban J connectivity index is 2.33. The van der Waals surface area contributed by atoms with E-state index in [-0.39, 0.29) is 5.56 Å². The normalized spacial score (nSPS) is 13.2. The van der Waals surface area contributed by atoms with Gasteiger partial charge in [0.15, 0.2) is 0 Å². The van der Waals surface area contributed by atoms with Crippen LogP contribution in [-0.4, -0.2) is 7.05 Å². The first-order valence-electron chi connectivity index (χ1n) is 6.49. The zero-order valence-electron chi connectivity index (χ0n) is 11.4. The summed E-state index contributed by atoms with van der Waals surface area (Å²) in [6.45, 7) is 0. The molecular weight excluding hydrogens is 282 g/mol. The summed E-state index contributed by atoms with van der Waals surface area (Å²) in [6.07, 6.45) is -4.07. The van der Waals surface area contributed by atoms with E-state index in [2.05, 4.69) is 5.32 Å². The van der Waals surface area contributed by atoms with Crippen LogP contribution in [0.4, 0.5) is 17.6 Å². The Morgan fingerprint density at radius 1 is 1.05 bits per heavy atom. The van der Waals surface area contributed by atoms with E-state index in [1.165, 1.54) is 0 Å². The monoisotopic (exact) mass is 297 g/mol. The van der Waals surface area contributed by atoms with Gasteiger partial charge in [0, 0.05) is 11.6 Å². The maximum atomic E-state index is 13.9. The molecule has 0 saturated carbocycles. The summed E-state index contributed by atoms with van der Waals surface area (Å²) in [4.78, 5) is 0. The molecule has 21 heavy (non-hydrogen) atoms. The highest BCUT2D eigenvalue weighted by Gasteiger charge is 2.31. The third-order valence-corrected chi connectivity index (χ3v) is 3.33. The summed E-state index contributed by atoms with van der Waals surface area (Å²) in [5.41, 5.74) is 0.108. The van der Waals surface area contributed by atoms with E-state index in [0.29, 0.717) is 6.42 Å². The Kier molecular flexibility index (Phi) is 4.63. The minimum atomic E-state index is -4.48. The van der Waals surface area contributed by atoms with Crippen LogP contribution in [-0.2, 0) is 12.6 Å². The molecule has 0 radical (unpaired) electrons. The Morgan fingerprint density at radius 2 is 1.71 bits per heavy atom. The molecule has 0 aliphatic rings. The largest absolute Gasteiger partial charge is 0.416 e. The molecule has 1 N–H and O–H groups in total. The average Bonchev–Trinajstić information content (AvgIpc) is 2.45. The van der Waals surface area contributed by atoms with E-state index in [0.717, 1.165) is 23.8 Å². The Morgan fingerprint density at radius 3 is 2.29 bits per heavy atom. The van der Waals surface area contributed by atoms with Crippen molar-refractivity contribution in [2.24, 2.45) is 0 Å². The standard InChI is InChI=1S/C16H15F4N/c1-21-15(9-11-5-3-2-4-6-11)13-10-12(16(18,19)20)7-8-14(13)17/h2-8,10,15,21H,9H2,1H3. The molecule has 1 nitrogen and oxygen atoms in total. The molecule has 0 heterocycles. The van der Waals surface area contributed by atoms with Crippen LogP contribution in [0, 0.1) is 5.82 Å². The van der Waals surface area contributed by atoms with Crippen LogP contribution < -0.4 is 5.32 Å². The molecule has 5 heteroatoms. The summed E-state index contributed by atoms with van der Waals surface area (Å²) < 4.78 is 52.1. The lowest BCUT2D eigenvalue weighted by molar-refractivity contribution is -0.137. The van der Waals surface area contributed by atoms with Crippen molar-refractivity contribution in [3.63, 3.8) is 0 Å². The first kappa shape index (κ1) is 15.5. The minimum absolute atomic E-state index is 0.0242. The fourth-order valence-corrected chi connectivity index (χ4v) is 2.20. The van der Waals surface area contributed by atoms with Gasteiger partial charge < -0.3 is 5.32 Å². The van der Waals surface area contributed by atoms with Crippen molar-refractivity contribution in [3.05, 3.63) is 71.0 Å². The van der Waals surface area contributed by atoms with Gasteiger partial charge in [0.1, 0.15) is 5.82 Å². The zero-order chi connectivity index (χ0) is 15.5. The van der Waals surface area contributed by atoms with Gasteiger partial charge in [0.25, 0.3) is 0 Å². The summed E-state index contributed by atoms with van der Waals surface area (Å²) in [6, 6.07) is 11.2. The third-order valence-electron chi connectivity index (χ3n) is 3.33. The van der Waals surface area contributed by atoms with Crippen molar-refractivity contribution in [1.29, 1.82) is 0 Å². The van der Waals surface area contributed by atoms with Crippen molar-refractivity contribution in [2.75, 3.05) is 7.05 Å². The van der Waals surface area contributed by atoms with Crippen molar-refractivity contribution < 1.29 is 17.6 Å². The minimum Gasteiger partial charge on any atom is -0.313 e. The lowest BCUT2D eigenvalue weighted by atomic mass is 9.97. The molecule has 0 saturated heterocycles. The summed E-state index contributed by atoms with van der Waals surface area (Å²) in [7, 11) is 1.60. The highest BCUT2D eigenvalue weighted by molar-refractivity contribution is 5.31. The van der Waals surface area contributed by atoms with Crippen LogP contribution in [0.1, 0.15) is 22.7 Å². The van der Waals surface area contributed by atoms with Gasteiger partial charge in [-0.1, -0.05) is 30.3 Å². The number of nitrogens with one attached hydrogen (secondary N) is 1. The molecule has 112 valence electrons. The van der Waals surface area contributed by atoms with E-state index in [4.69, 9.17) is 0 Å².